The van der Waals surface area contributed by atoms with E-state index in [2.05, 4.69) is 4.98 Å². The highest BCUT2D eigenvalue weighted by molar-refractivity contribution is 5.95. The van der Waals surface area contributed by atoms with Gasteiger partial charge in [-0.2, -0.15) is 0 Å². The lowest BCUT2D eigenvalue weighted by atomic mass is 10.1. The van der Waals surface area contributed by atoms with Gasteiger partial charge in [0.25, 0.3) is 5.91 Å². The molecule has 0 spiro atoms. The molecular weight excluding hydrogens is 246 g/mol. The summed E-state index contributed by atoms with van der Waals surface area (Å²) in [6.45, 7) is 3.15. The van der Waals surface area contributed by atoms with Crippen molar-refractivity contribution in [2.24, 2.45) is 0 Å². The van der Waals surface area contributed by atoms with E-state index in [-0.39, 0.29) is 12.5 Å². The van der Waals surface area contributed by atoms with Crippen molar-refractivity contribution in [3.63, 3.8) is 0 Å². The first-order chi connectivity index (χ1) is 9.00. The van der Waals surface area contributed by atoms with Crippen LogP contribution in [0.2, 0.25) is 0 Å². The van der Waals surface area contributed by atoms with Crippen LogP contribution < -0.4 is 0 Å². The van der Waals surface area contributed by atoms with Crippen molar-refractivity contribution in [1.82, 2.24) is 14.8 Å². The Morgan fingerprint density at radius 2 is 2.16 bits per heavy atom. The Bertz CT molecular complexity index is 504. The summed E-state index contributed by atoms with van der Waals surface area (Å²) in [6, 6.07) is 1.13. The van der Waals surface area contributed by atoms with Gasteiger partial charge in [-0.05, 0) is 25.6 Å². The van der Waals surface area contributed by atoms with Crippen molar-refractivity contribution in [3.8, 4) is 0 Å². The van der Waals surface area contributed by atoms with Crippen molar-refractivity contribution >= 4 is 11.9 Å². The van der Waals surface area contributed by atoms with Gasteiger partial charge in [-0.25, -0.2) is 0 Å². The van der Waals surface area contributed by atoms with E-state index in [9.17, 15) is 9.59 Å². The number of rotatable bonds is 2. The lowest BCUT2D eigenvalue weighted by Crippen LogP contribution is -2.56. The summed E-state index contributed by atoms with van der Waals surface area (Å²) >= 11 is 0. The molecule has 1 aromatic heterocycles. The summed E-state index contributed by atoms with van der Waals surface area (Å²) in [6.07, 6.45) is 3.17. The number of hydrogen-bond donors (Lipinski definition) is 1. The molecule has 6 heteroatoms. The predicted octanol–water partition coefficient (Wildman–Crippen LogP) is 0.231. The Morgan fingerprint density at radius 1 is 1.42 bits per heavy atom. The second-order valence-electron chi connectivity index (χ2n) is 4.78. The quantitative estimate of drug-likeness (QED) is 0.827. The molecule has 0 aliphatic carbocycles. The summed E-state index contributed by atoms with van der Waals surface area (Å²) in [4.78, 5) is 30.8. The molecule has 1 saturated heterocycles. The topological polar surface area (TPSA) is 73.7 Å². The largest absolute Gasteiger partial charge is 0.480 e. The summed E-state index contributed by atoms with van der Waals surface area (Å²) in [5, 5.41) is 9.14. The SMILES string of the molecule is Cc1ccncc1C(=O)N1CCN(C)C(C(=O)O)C1. The van der Waals surface area contributed by atoms with Gasteiger partial charge in [-0.3, -0.25) is 19.5 Å². The smallest absolute Gasteiger partial charge is 0.322 e. The first-order valence-electron chi connectivity index (χ1n) is 6.13. The normalized spacial score (nSPS) is 20.3. The summed E-state index contributed by atoms with van der Waals surface area (Å²) < 4.78 is 0. The van der Waals surface area contributed by atoms with Gasteiger partial charge in [-0.15, -0.1) is 0 Å². The third-order valence-corrected chi connectivity index (χ3v) is 3.49. The lowest BCUT2D eigenvalue weighted by Gasteiger charge is -2.37. The van der Waals surface area contributed by atoms with E-state index in [1.54, 1.807) is 29.1 Å². The fourth-order valence-electron chi connectivity index (χ4n) is 2.18. The van der Waals surface area contributed by atoms with E-state index in [0.717, 1.165) is 5.56 Å². The Kier molecular flexibility index (Phi) is 3.80. The van der Waals surface area contributed by atoms with Gasteiger partial charge < -0.3 is 10.0 Å². The minimum absolute atomic E-state index is 0.148. The van der Waals surface area contributed by atoms with Crippen molar-refractivity contribution in [2.75, 3.05) is 26.7 Å². The van der Waals surface area contributed by atoms with Crippen molar-refractivity contribution in [2.45, 2.75) is 13.0 Å². The van der Waals surface area contributed by atoms with Crippen LogP contribution in [0.1, 0.15) is 15.9 Å². The van der Waals surface area contributed by atoms with E-state index >= 15 is 0 Å². The number of piperazine rings is 1. The number of pyridine rings is 1. The highest BCUT2D eigenvalue weighted by atomic mass is 16.4. The van der Waals surface area contributed by atoms with Crippen LogP contribution in [-0.4, -0.2) is 64.5 Å². The zero-order chi connectivity index (χ0) is 14.0. The number of aryl methyl sites for hydroxylation is 1. The van der Waals surface area contributed by atoms with Gasteiger partial charge in [0.15, 0.2) is 0 Å². The van der Waals surface area contributed by atoms with Gasteiger partial charge in [0.05, 0.1) is 5.56 Å². The summed E-state index contributed by atoms with van der Waals surface area (Å²) in [5.41, 5.74) is 1.39. The third kappa shape index (κ3) is 2.73. The average Bonchev–Trinajstić information content (AvgIpc) is 2.38. The molecule has 2 rings (SSSR count). The maximum atomic E-state index is 12.4. The van der Waals surface area contributed by atoms with Crippen LogP contribution in [0.25, 0.3) is 0 Å². The zero-order valence-corrected chi connectivity index (χ0v) is 11.0. The molecule has 19 heavy (non-hydrogen) atoms. The molecule has 102 valence electrons. The van der Waals surface area contributed by atoms with Gasteiger partial charge in [-0.1, -0.05) is 0 Å². The molecule has 0 bridgehead atoms. The third-order valence-electron chi connectivity index (χ3n) is 3.49. The molecule has 0 saturated carbocycles. The average molecular weight is 263 g/mol. The minimum Gasteiger partial charge on any atom is -0.480 e. The lowest BCUT2D eigenvalue weighted by molar-refractivity contribution is -0.144. The standard InChI is InChI=1S/C13H17N3O3/c1-9-3-4-14-7-10(9)12(17)16-6-5-15(2)11(8-16)13(18)19/h3-4,7,11H,5-6,8H2,1-2H3,(H,18,19). The number of amides is 1. The molecule has 6 nitrogen and oxygen atoms in total. The van der Waals surface area contributed by atoms with E-state index in [0.29, 0.717) is 18.7 Å². The summed E-state index contributed by atoms with van der Waals surface area (Å²) in [7, 11) is 1.76. The molecule has 0 radical (unpaired) electrons. The predicted molar refractivity (Wildman–Crippen MR) is 68.9 cm³/mol. The fourth-order valence-corrected chi connectivity index (χ4v) is 2.18. The molecular formula is C13H17N3O3. The van der Waals surface area contributed by atoms with Gasteiger partial charge >= 0.3 is 5.97 Å². The van der Waals surface area contributed by atoms with E-state index in [4.69, 9.17) is 5.11 Å². The molecule has 1 fully saturated rings. The zero-order valence-electron chi connectivity index (χ0n) is 11.0. The Labute approximate surface area is 111 Å². The van der Waals surface area contributed by atoms with E-state index < -0.39 is 12.0 Å². The van der Waals surface area contributed by atoms with Crippen LogP contribution in [-0.2, 0) is 4.79 Å². The van der Waals surface area contributed by atoms with Crippen molar-refractivity contribution < 1.29 is 14.7 Å². The number of nitrogens with zero attached hydrogens (tertiary/aromatic N) is 3. The number of likely N-dealkylation sites (N-methyl/N-ethyl adjacent to an activating group) is 1. The first kappa shape index (κ1) is 13.5. The number of aromatic nitrogens is 1. The highest BCUT2D eigenvalue weighted by Crippen LogP contribution is 2.14. The van der Waals surface area contributed by atoms with E-state index in [1.807, 2.05) is 6.92 Å². The second-order valence-corrected chi connectivity index (χ2v) is 4.78. The molecule has 1 atom stereocenters. The van der Waals surface area contributed by atoms with Crippen LogP contribution >= 0.6 is 0 Å². The minimum atomic E-state index is -0.900. The fraction of sp³-hybridized carbons (Fsp3) is 0.462. The van der Waals surface area contributed by atoms with E-state index in [1.165, 1.54) is 6.20 Å². The molecule has 2 heterocycles. The number of carboxylic acids is 1. The molecule has 1 N–H and O–H groups in total. The molecule has 1 aromatic rings. The number of carboxylic acid groups (broad SMARTS) is 1. The molecule has 1 amide bonds. The number of hydrogen-bond acceptors (Lipinski definition) is 4. The Balaban J connectivity index is 2.17. The maximum Gasteiger partial charge on any atom is 0.322 e. The molecule has 1 aliphatic heterocycles. The second kappa shape index (κ2) is 5.36. The number of carbonyl (C=O) groups excluding carboxylic acids is 1. The highest BCUT2D eigenvalue weighted by Gasteiger charge is 2.32. The van der Waals surface area contributed by atoms with Crippen LogP contribution in [0.15, 0.2) is 18.5 Å². The van der Waals surface area contributed by atoms with Crippen LogP contribution in [0, 0.1) is 6.92 Å². The van der Waals surface area contributed by atoms with Gasteiger partial charge in [0.2, 0.25) is 0 Å². The van der Waals surface area contributed by atoms with Gasteiger partial charge in [0, 0.05) is 32.0 Å². The Morgan fingerprint density at radius 3 is 2.79 bits per heavy atom. The molecule has 1 aliphatic rings. The van der Waals surface area contributed by atoms with Crippen molar-refractivity contribution in [3.05, 3.63) is 29.6 Å². The molecule has 0 aromatic carbocycles. The maximum absolute atomic E-state index is 12.4. The van der Waals surface area contributed by atoms with Crippen LogP contribution in [0.3, 0.4) is 0 Å². The number of carbonyl (C=O) groups is 2. The van der Waals surface area contributed by atoms with Gasteiger partial charge in [0.1, 0.15) is 6.04 Å². The number of aliphatic carboxylic acids is 1. The Hall–Kier alpha value is -1.95. The summed E-state index contributed by atoms with van der Waals surface area (Å²) in [5.74, 6) is -1.05. The monoisotopic (exact) mass is 263 g/mol. The molecule has 1 unspecified atom stereocenters. The van der Waals surface area contributed by atoms with Crippen molar-refractivity contribution in [1.29, 1.82) is 0 Å². The van der Waals surface area contributed by atoms with Crippen LogP contribution in [0.4, 0.5) is 0 Å². The van der Waals surface area contributed by atoms with Crippen LogP contribution in [0.5, 0.6) is 0 Å². The first-order valence-corrected chi connectivity index (χ1v) is 6.13.